The molecule has 8 heteroatoms. The first kappa shape index (κ1) is 18.2. The highest BCUT2D eigenvalue weighted by Gasteiger charge is 2.08. The average Bonchev–Trinajstić information content (AvgIpc) is 3.09. The molecule has 1 aromatic heterocycles. The van der Waals surface area contributed by atoms with Crippen molar-refractivity contribution < 1.29 is 19.5 Å². The van der Waals surface area contributed by atoms with E-state index in [0.29, 0.717) is 18.7 Å². The van der Waals surface area contributed by atoms with Crippen LogP contribution >= 0.6 is 0 Å². The number of hydrogen-bond acceptors (Lipinski definition) is 4. The van der Waals surface area contributed by atoms with Crippen molar-refractivity contribution in [2.24, 2.45) is 0 Å². The van der Waals surface area contributed by atoms with Crippen LogP contribution in [0.5, 0.6) is 0 Å². The Morgan fingerprint density at radius 1 is 1.16 bits per heavy atom. The summed E-state index contributed by atoms with van der Waals surface area (Å²) in [5.41, 5.74) is 1.48. The molecular weight excluding hydrogens is 324 g/mol. The predicted octanol–water partition coefficient (Wildman–Crippen LogP) is 1.10. The van der Waals surface area contributed by atoms with Gasteiger partial charge in [0.2, 0.25) is 11.8 Å². The second kappa shape index (κ2) is 8.62. The van der Waals surface area contributed by atoms with E-state index in [1.807, 2.05) is 13.0 Å². The van der Waals surface area contributed by atoms with Crippen molar-refractivity contribution in [2.45, 2.75) is 26.3 Å². The lowest BCUT2D eigenvalue weighted by molar-refractivity contribution is -0.126. The van der Waals surface area contributed by atoms with Gasteiger partial charge < -0.3 is 15.7 Å². The van der Waals surface area contributed by atoms with E-state index >= 15 is 0 Å². The number of nitrogens with zero attached hydrogens (tertiary/aromatic N) is 2. The molecule has 0 spiro atoms. The Labute approximate surface area is 144 Å². The van der Waals surface area contributed by atoms with Gasteiger partial charge in [-0.25, -0.2) is 9.48 Å². The van der Waals surface area contributed by atoms with Gasteiger partial charge in [-0.1, -0.05) is 19.1 Å². The molecule has 132 valence electrons. The molecule has 0 aliphatic carbocycles. The molecule has 0 radical (unpaired) electrons. The molecule has 0 unspecified atom stereocenters. The Morgan fingerprint density at radius 2 is 1.96 bits per heavy atom. The lowest BCUT2D eigenvalue weighted by Crippen LogP contribution is -2.36. The molecule has 2 amide bonds. The van der Waals surface area contributed by atoms with Crippen molar-refractivity contribution in [2.75, 3.05) is 6.54 Å². The number of aromatic carboxylic acids is 1. The number of hydrogen-bond donors (Lipinski definition) is 3. The van der Waals surface area contributed by atoms with Gasteiger partial charge in [-0.15, -0.1) is 0 Å². The number of nitrogens with one attached hydrogen (secondary N) is 2. The minimum atomic E-state index is -1.09. The van der Waals surface area contributed by atoms with Gasteiger partial charge in [0.1, 0.15) is 0 Å². The summed E-state index contributed by atoms with van der Waals surface area (Å²) in [4.78, 5) is 34.0. The van der Waals surface area contributed by atoms with E-state index in [1.165, 1.54) is 10.7 Å². The normalized spacial score (nSPS) is 10.3. The van der Waals surface area contributed by atoms with E-state index in [4.69, 9.17) is 5.11 Å². The Hall–Kier alpha value is -3.16. The minimum absolute atomic E-state index is 0.0403. The second-order valence-corrected chi connectivity index (χ2v) is 5.42. The lowest BCUT2D eigenvalue weighted by Gasteiger charge is -2.08. The van der Waals surface area contributed by atoms with Crippen LogP contribution in [0, 0.1) is 0 Å². The third kappa shape index (κ3) is 5.45. The molecule has 8 nitrogen and oxygen atoms in total. The largest absolute Gasteiger partial charge is 0.476 e. The van der Waals surface area contributed by atoms with Gasteiger partial charge in [-0.3, -0.25) is 9.59 Å². The Morgan fingerprint density at radius 3 is 2.64 bits per heavy atom. The van der Waals surface area contributed by atoms with Crippen LogP contribution in [0.15, 0.2) is 36.5 Å². The number of aromatic nitrogens is 2. The zero-order valence-electron chi connectivity index (χ0n) is 13.9. The van der Waals surface area contributed by atoms with E-state index in [9.17, 15) is 14.4 Å². The highest BCUT2D eigenvalue weighted by molar-refractivity contribution is 5.85. The maximum atomic E-state index is 11.7. The van der Waals surface area contributed by atoms with Crippen molar-refractivity contribution in [3.8, 4) is 5.69 Å². The van der Waals surface area contributed by atoms with E-state index < -0.39 is 5.97 Å². The molecule has 3 N–H and O–H groups in total. The summed E-state index contributed by atoms with van der Waals surface area (Å²) >= 11 is 0. The van der Waals surface area contributed by atoms with Crippen LogP contribution in [0.25, 0.3) is 5.69 Å². The molecule has 0 fully saturated rings. The van der Waals surface area contributed by atoms with Gasteiger partial charge in [0.25, 0.3) is 0 Å². The number of rotatable bonds is 8. The highest BCUT2D eigenvalue weighted by atomic mass is 16.4. The van der Waals surface area contributed by atoms with Crippen LogP contribution in [0.4, 0.5) is 0 Å². The van der Waals surface area contributed by atoms with Crippen molar-refractivity contribution in [3.05, 3.63) is 47.8 Å². The molecule has 0 bridgehead atoms. The van der Waals surface area contributed by atoms with Gasteiger partial charge in [-0.2, -0.15) is 5.10 Å². The fraction of sp³-hybridized carbons (Fsp3) is 0.294. The molecule has 0 aliphatic rings. The van der Waals surface area contributed by atoms with E-state index in [0.717, 1.165) is 12.0 Å². The van der Waals surface area contributed by atoms with Crippen LogP contribution in [0.1, 0.15) is 35.8 Å². The smallest absolute Gasteiger partial charge is 0.356 e. The molecular formula is C17H20N4O4. The minimum Gasteiger partial charge on any atom is -0.476 e. The summed E-state index contributed by atoms with van der Waals surface area (Å²) < 4.78 is 1.46. The zero-order chi connectivity index (χ0) is 18.2. The summed E-state index contributed by atoms with van der Waals surface area (Å²) in [6.07, 6.45) is 2.69. The maximum Gasteiger partial charge on any atom is 0.356 e. The van der Waals surface area contributed by atoms with Crippen LogP contribution in [0.3, 0.4) is 0 Å². The number of carbonyl (C=O) groups is 3. The second-order valence-electron chi connectivity index (χ2n) is 5.42. The van der Waals surface area contributed by atoms with E-state index in [-0.39, 0.29) is 24.1 Å². The molecule has 0 saturated carbocycles. The Kier molecular flexibility index (Phi) is 6.27. The van der Waals surface area contributed by atoms with Crippen LogP contribution in [-0.2, 0) is 16.1 Å². The van der Waals surface area contributed by atoms with Crippen molar-refractivity contribution in [3.63, 3.8) is 0 Å². The van der Waals surface area contributed by atoms with Crippen molar-refractivity contribution >= 4 is 17.8 Å². The number of carboxylic acids is 1. The Balaban J connectivity index is 1.91. The summed E-state index contributed by atoms with van der Waals surface area (Å²) in [5.74, 6) is -1.51. The standard InChI is InChI=1S/C17H20N4O4/c1-2-4-15(22)19-11-16(23)18-10-12-5-3-6-13(9-12)21-8-7-14(20-21)17(24)25/h3,5-9H,2,4,10-11H2,1H3,(H,18,23)(H,19,22)(H,24,25). The zero-order valence-corrected chi connectivity index (χ0v) is 13.9. The average molecular weight is 344 g/mol. The first-order chi connectivity index (χ1) is 12.0. The third-order valence-corrected chi connectivity index (χ3v) is 3.40. The van der Waals surface area contributed by atoms with E-state index in [2.05, 4.69) is 15.7 Å². The fourth-order valence-electron chi connectivity index (χ4n) is 2.15. The Bertz CT molecular complexity index is 770. The summed E-state index contributed by atoms with van der Waals surface area (Å²) in [5, 5.41) is 18.2. The maximum absolute atomic E-state index is 11.7. The van der Waals surface area contributed by atoms with Crippen LogP contribution in [0.2, 0.25) is 0 Å². The topological polar surface area (TPSA) is 113 Å². The first-order valence-electron chi connectivity index (χ1n) is 7.91. The molecule has 0 aliphatic heterocycles. The van der Waals surface area contributed by atoms with E-state index in [1.54, 1.807) is 24.4 Å². The molecule has 2 aromatic rings. The van der Waals surface area contributed by atoms with Crippen LogP contribution in [-0.4, -0.2) is 39.2 Å². The van der Waals surface area contributed by atoms with Gasteiger partial charge in [-0.05, 0) is 30.2 Å². The number of carboxylic acid groups (broad SMARTS) is 1. The molecule has 25 heavy (non-hydrogen) atoms. The fourth-order valence-corrected chi connectivity index (χ4v) is 2.15. The van der Waals surface area contributed by atoms with Gasteiger partial charge >= 0.3 is 5.97 Å². The first-order valence-corrected chi connectivity index (χ1v) is 7.91. The monoisotopic (exact) mass is 344 g/mol. The lowest BCUT2D eigenvalue weighted by atomic mass is 10.2. The molecule has 0 atom stereocenters. The number of benzene rings is 1. The van der Waals surface area contributed by atoms with Gasteiger partial charge in [0.15, 0.2) is 5.69 Å². The summed E-state index contributed by atoms with van der Waals surface area (Å²) in [6, 6.07) is 8.63. The molecule has 2 rings (SSSR count). The number of carbonyl (C=O) groups excluding carboxylic acids is 2. The van der Waals surface area contributed by atoms with Crippen molar-refractivity contribution in [1.82, 2.24) is 20.4 Å². The highest BCUT2D eigenvalue weighted by Crippen LogP contribution is 2.10. The SMILES string of the molecule is CCCC(=O)NCC(=O)NCc1cccc(-n2ccc(C(=O)O)n2)c1. The van der Waals surface area contributed by atoms with Crippen molar-refractivity contribution in [1.29, 1.82) is 0 Å². The summed E-state index contributed by atoms with van der Waals surface area (Å²) in [7, 11) is 0. The quantitative estimate of drug-likeness (QED) is 0.664. The van der Waals surface area contributed by atoms with Gasteiger partial charge in [0, 0.05) is 19.2 Å². The molecule has 1 aromatic carbocycles. The summed E-state index contributed by atoms with van der Waals surface area (Å²) in [6.45, 7) is 2.13. The molecule has 0 saturated heterocycles. The molecule has 1 heterocycles. The predicted molar refractivity (Wildman–Crippen MR) is 90.3 cm³/mol. The number of amides is 2. The van der Waals surface area contributed by atoms with Gasteiger partial charge in [0.05, 0.1) is 12.2 Å². The third-order valence-electron chi connectivity index (χ3n) is 3.40. The van der Waals surface area contributed by atoms with Crippen LogP contribution < -0.4 is 10.6 Å².